The summed E-state index contributed by atoms with van der Waals surface area (Å²) in [4.78, 5) is 8.49. The van der Waals surface area contributed by atoms with Crippen LogP contribution in [0.1, 0.15) is 23.5 Å². The summed E-state index contributed by atoms with van der Waals surface area (Å²) in [6.07, 6.45) is 12.6. The number of aromatic nitrogens is 3. The molecule has 0 radical (unpaired) electrons. The summed E-state index contributed by atoms with van der Waals surface area (Å²) in [5.74, 6) is 0.154. The van der Waals surface area contributed by atoms with Gasteiger partial charge in [0.1, 0.15) is 0 Å². The van der Waals surface area contributed by atoms with Gasteiger partial charge in [-0.3, -0.25) is 9.97 Å². The molecule has 4 nitrogen and oxygen atoms in total. The largest absolute Gasteiger partial charge is 0.396 e. The van der Waals surface area contributed by atoms with Gasteiger partial charge in [-0.15, -0.1) is 0 Å². The van der Waals surface area contributed by atoms with Gasteiger partial charge in [0.15, 0.2) is 12.4 Å². The van der Waals surface area contributed by atoms with Crippen molar-refractivity contribution in [1.82, 2.24) is 9.97 Å². The van der Waals surface area contributed by atoms with Crippen molar-refractivity contribution >= 4 is 32.3 Å². The number of hydrogen-bond donors (Lipinski definition) is 1. The highest BCUT2D eigenvalue weighted by Gasteiger charge is 2.17. The lowest BCUT2D eigenvalue weighted by Crippen LogP contribution is -2.29. The first kappa shape index (κ1) is 18.8. The Balaban J connectivity index is 1.43. The fourth-order valence-electron chi connectivity index (χ4n) is 4.85. The lowest BCUT2D eigenvalue weighted by atomic mass is 9.89. The normalized spacial score (nSPS) is 12.7. The smallest absolute Gasteiger partial charge is 0.210 e. The van der Waals surface area contributed by atoms with Gasteiger partial charge in [0.2, 0.25) is 5.69 Å². The van der Waals surface area contributed by atoms with Crippen LogP contribution in [0.4, 0.5) is 0 Å². The van der Waals surface area contributed by atoms with Crippen molar-refractivity contribution < 1.29 is 9.67 Å². The standard InChI is InChI=1S/C28H22N3O/c32-14-11-26(20-9-12-29-13-10-20)19-5-7-25(8-6-19)31-17-23-3-1-21-15-30-16-22-2-4-24(18-31)28(23)27(21)22/h1-10,12-13,15-18,26,32H,11,14H2/q+1. The number of benzene rings is 3. The van der Waals surface area contributed by atoms with Gasteiger partial charge in [-0.25, -0.2) is 0 Å². The van der Waals surface area contributed by atoms with E-state index in [1.54, 1.807) is 0 Å². The highest BCUT2D eigenvalue weighted by molar-refractivity contribution is 6.22. The quantitative estimate of drug-likeness (QED) is 0.312. The Kier molecular flexibility index (Phi) is 4.51. The molecule has 4 heteroatoms. The minimum absolute atomic E-state index is 0.148. The van der Waals surface area contributed by atoms with Crippen molar-refractivity contribution in [2.75, 3.05) is 6.61 Å². The van der Waals surface area contributed by atoms with Crippen LogP contribution in [0.5, 0.6) is 0 Å². The van der Waals surface area contributed by atoms with Crippen LogP contribution < -0.4 is 4.57 Å². The Bertz CT molecular complexity index is 1460. The van der Waals surface area contributed by atoms with Crippen molar-refractivity contribution in [3.05, 3.63) is 109 Å². The number of hydrogen-bond acceptors (Lipinski definition) is 3. The van der Waals surface area contributed by atoms with E-state index >= 15 is 0 Å². The molecule has 0 saturated heterocycles. The average molecular weight is 417 g/mol. The number of aliphatic hydroxyl groups excluding tert-OH is 1. The first-order valence-corrected chi connectivity index (χ1v) is 10.9. The van der Waals surface area contributed by atoms with Gasteiger partial charge in [0.05, 0.1) is 0 Å². The summed E-state index contributed by atoms with van der Waals surface area (Å²) in [6.45, 7) is 0.148. The van der Waals surface area contributed by atoms with Crippen LogP contribution in [-0.4, -0.2) is 21.7 Å². The van der Waals surface area contributed by atoms with Crippen LogP contribution >= 0.6 is 0 Å². The molecule has 0 amide bonds. The van der Waals surface area contributed by atoms with Gasteiger partial charge in [-0.05, 0) is 41.8 Å². The van der Waals surface area contributed by atoms with E-state index in [-0.39, 0.29) is 12.5 Å². The first-order valence-electron chi connectivity index (χ1n) is 10.9. The second-order valence-corrected chi connectivity index (χ2v) is 8.25. The zero-order chi connectivity index (χ0) is 21.5. The lowest BCUT2D eigenvalue weighted by Gasteiger charge is -2.16. The van der Waals surface area contributed by atoms with Crippen molar-refractivity contribution in [3.63, 3.8) is 0 Å². The summed E-state index contributed by atoms with van der Waals surface area (Å²) in [6, 6.07) is 21.4. The predicted octanol–water partition coefficient (Wildman–Crippen LogP) is 5.17. The molecule has 3 aromatic carbocycles. The molecule has 0 aliphatic carbocycles. The Labute approximate surface area is 185 Å². The van der Waals surface area contributed by atoms with E-state index in [4.69, 9.17) is 0 Å². The monoisotopic (exact) mass is 416 g/mol. The maximum absolute atomic E-state index is 9.60. The molecule has 0 aliphatic rings. The van der Waals surface area contributed by atoms with Crippen LogP contribution in [0, 0.1) is 0 Å². The number of rotatable bonds is 5. The molecular formula is C28H22N3O+. The summed E-state index contributed by atoms with van der Waals surface area (Å²) < 4.78 is 2.19. The number of pyridine rings is 3. The van der Waals surface area contributed by atoms with E-state index in [0.29, 0.717) is 6.42 Å². The molecular weight excluding hydrogens is 394 g/mol. The fraction of sp³-hybridized carbons (Fsp3) is 0.107. The third-order valence-electron chi connectivity index (χ3n) is 6.39. The van der Waals surface area contributed by atoms with Crippen molar-refractivity contribution in [3.8, 4) is 5.69 Å². The molecule has 0 spiro atoms. The SMILES string of the molecule is OCCC(c1ccncc1)c1ccc(-[n+]2cc3ccc4cncc5ccc(c2)c3c45)cc1. The van der Waals surface area contributed by atoms with Crippen LogP contribution in [0.3, 0.4) is 0 Å². The Morgan fingerprint density at radius 2 is 1.22 bits per heavy atom. The van der Waals surface area contributed by atoms with E-state index in [1.807, 2.05) is 36.9 Å². The van der Waals surface area contributed by atoms with Gasteiger partial charge in [-0.1, -0.05) is 24.3 Å². The van der Waals surface area contributed by atoms with Gasteiger partial charge >= 0.3 is 0 Å². The van der Waals surface area contributed by atoms with Crippen LogP contribution in [0.15, 0.2) is 97.8 Å². The van der Waals surface area contributed by atoms with Crippen LogP contribution in [-0.2, 0) is 0 Å². The number of nitrogens with zero attached hydrogens (tertiary/aromatic N) is 3. The van der Waals surface area contributed by atoms with Crippen molar-refractivity contribution in [2.45, 2.75) is 12.3 Å². The maximum atomic E-state index is 9.60. The molecule has 0 aliphatic heterocycles. The fourth-order valence-corrected chi connectivity index (χ4v) is 4.85. The van der Waals surface area contributed by atoms with Crippen LogP contribution in [0.25, 0.3) is 38.0 Å². The van der Waals surface area contributed by atoms with Crippen molar-refractivity contribution in [1.29, 1.82) is 0 Å². The molecule has 0 bridgehead atoms. The molecule has 3 aromatic heterocycles. The maximum Gasteiger partial charge on any atom is 0.210 e. The third kappa shape index (κ3) is 3.08. The summed E-state index contributed by atoms with van der Waals surface area (Å²) in [7, 11) is 0. The number of aliphatic hydroxyl groups is 1. The van der Waals surface area contributed by atoms with E-state index in [2.05, 4.69) is 75.5 Å². The van der Waals surface area contributed by atoms with E-state index in [0.717, 1.165) is 5.69 Å². The second kappa shape index (κ2) is 7.66. The van der Waals surface area contributed by atoms with E-state index in [9.17, 15) is 5.11 Å². The average Bonchev–Trinajstić information content (AvgIpc) is 2.86. The molecule has 1 atom stereocenters. The van der Waals surface area contributed by atoms with Gasteiger partial charge in [0.25, 0.3) is 0 Å². The topological polar surface area (TPSA) is 49.9 Å². The van der Waals surface area contributed by atoms with E-state index < -0.39 is 0 Å². The summed E-state index contributed by atoms with van der Waals surface area (Å²) in [5.41, 5.74) is 3.48. The Morgan fingerprint density at radius 3 is 1.84 bits per heavy atom. The minimum Gasteiger partial charge on any atom is -0.396 e. The molecule has 3 heterocycles. The molecule has 6 aromatic rings. The first-order chi connectivity index (χ1) is 15.8. The molecule has 0 fully saturated rings. The predicted molar refractivity (Wildman–Crippen MR) is 127 cm³/mol. The highest BCUT2D eigenvalue weighted by atomic mass is 16.3. The van der Waals surface area contributed by atoms with Gasteiger partial charge < -0.3 is 5.11 Å². The Morgan fingerprint density at radius 1 is 0.656 bits per heavy atom. The molecule has 154 valence electrons. The molecule has 1 unspecified atom stereocenters. The summed E-state index contributed by atoms with van der Waals surface area (Å²) >= 11 is 0. The summed E-state index contributed by atoms with van der Waals surface area (Å²) in [5, 5.41) is 16.9. The minimum atomic E-state index is 0.148. The van der Waals surface area contributed by atoms with E-state index in [1.165, 1.54) is 43.4 Å². The van der Waals surface area contributed by atoms with Crippen LogP contribution in [0.2, 0.25) is 0 Å². The molecule has 32 heavy (non-hydrogen) atoms. The molecule has 1 N–H and O–H groups in total. The zero-order valence-electron chi connectivity index (χ0n) is 17.5. The van der Waals surface area contributed by atoms with Crippen molar-refractivity contribution in [2.24, 2.45) is 0 Å². The molecule has 0 saturated carbocycles. The van der Waals surface area contributed by atoms with Gasteiger partial charge in [-0.2, -0.15) is 4.57 Å². The highest BCUT2D eigenvalue weighted by Crippen LogP contribution is 2.33. The Hall–Kier alpha value is -3.89. The second-order valence-electron chi connectivity index (χ2n) is 8.25. The lowest BCUT2D eigenvalue weighted by molar-refractivity contribution is -0.592. The zero-order valence-corrected chi connectivity index (χ0v) is 17.5. The molecule has 6 rings (SSSR count). The third-order valence-corrected chi connectivity index (χ3v) is 6.39. The van der Waals surface area contributed by atoms with Gasteiger partial charge in [0, 0.05) is 81.8 Å².